The lowest BCUT2D eigenvalue weighted by molar-refractivity contribution is 0.737. The number of fused-ring (bicyclic) bond motifs is 5. The van der Waals surface area contributed by atoms with Gasteiger partial charge in [-0.2, -0.15) is 0 Å². The van der Waals surface area contributed by atoms with E-state index in [0.29, 0.717) is 0 Å². The molecular formula is C72H52N2. The van der Waals surface area contributed by atoms with E-state index in [1.54, 1.807) is 0 Å². The molecule has 0 aliphatic heterocycles. The molecule has 0 atom stereocenters. The maximum atomic E-state index is 4.90. The highest BCUT2D eigenvalue weighted by atomic mass is 15.1. The van der Waals surface area contributed by atoms with E-state index in [1.807, 2.05) is 0 Å². The molecule has 0 amide bonds. The Kier molecular flexibility index (Phi) is 11.4. The second-order valence-corrected chi connectivity index (χ2v) is 19.3. The van der Waals surface area contributed by atoms with Crippen molar-refractivity contribution in [1.29, 1.82) is 0 Å². The largest absolute Gasteiger partial charge is 0.310 e. The van der Waals surface area contributed by atoms with Gasteiger partial charge >= 0.3 is 0 Å². The Balaban J connectivity index is 0.966. The molecule has 0 fully saturated rings. The molecule has 13 rings (SSSR count). The molecule has 2 heteroatoms. The van der Waals surface area contributed by atoms with Gasteiger partial charge in [0.05, 0.1) is 22.1 Å². The van der Waals surface area contributed by atoms with Crippen molar-refractivity contribution in [2.24, 2.45) is 0 Å². The first kappa shape index (κ1) is 44.4. The molecule has 74 heavy (non-hydrogen) atoms. The lowest BCUT2D eigenvalue weighted by Crippen LogP contribution is -2.32. The van der Waals surface area contributed by atoms with Crippen molar-refractivity contribution < 1.29 is 0 Å². The van der Waals surface area contributed by atoms with E-state index in [4.69, 9.17) is 6.58 Å². The Hall–Kier alpha value is -9.50. The molecule has 0 radical (unpaired) electrons. The van der Waals surface area contributed by atoms with Crippen LogP contribution in [0.4, 0.5) is 17.1 Å². The second-order valence-electron chi connectivity index (χ2n) is 19.3. The number of para-hydroxylation sites is 2. The predicted molar refractivity (Wildman–Crippen MR) is 313 cm³/mol. The molecule has 1 heterocycles. The number of rotatable bonds is 9. The third-order valence-corrected chi connectivity index (χ3v) is 15.1. The van der Waals surface area contributed by atoms with Crippen LogP contribution in [-0.2, 0) is 11.8 Å². The SMILES string of the molecule is C=C1/C=C\C=C/Cc2ccc(N(c3ccc(-c4cccc(-c5ccc6c(c5)c5ccccc5n6-c5ccccc5)c4)cc3)c3ccc(-c4ccccc4)c4ccccc34)cc2C1(c1ccccc1)c1ccccc1. The van der Waals surface area contributed by atoms with E-state index in [9.17, 15) is 0 Å². The zero-order valence-electron chi connectivity index (χ0n) is 41.0. The van der Waals surface area contributed by atoms with Crippen molar-refractivity contribution in [2.75, 3.05) is 4.90 Å². The van der Waals surface area contributed by atoms with E-state index in [1.165, 1.54) is 77.1 Å². The fraction of sp³-hybridized carbons (Fsp3) is 0.0278. The van der Waals surface area contributed by atoms with Gasteiger partial charge in [-0.3, -0.25) is 0 Å². The molecule has 0 saturated heterocycles. The van der Waals surface area contributed by atoms with Gasteiger partial charge in [0, 0.05) is 33.2 Å². The van der Waals surface area contributed by atoms with Gasteiger partial charge in [0.1, 0.15) is 0 Å². The van der Waals surface area contributed by atoms with Gasteiger partial charge in [-0.05, 0) is 140 Å². The van der Waals surface area contributed by atoms with Gasteiger partial charge in [-0.25, -0.2) is 0 Å². The van der Waals surface area contributed by atoms with Crippen LogP contribution in [0.5, 0.6) is 0 Å². The Morgan fingerprint density at radius 2 is 0.959 bits per heavy atom. The van der Waals surface area contributed by atoms with Crippen LogP contribution in [0.1, 0.15) is 22.3 Å². The highest BCUT2D eigenvalue weighted by molar-refractivity contribution is 6.11. The summed E-state index contributed by atoms with van der Waals surface area (Å²) in [5.74, 6) is 0. The average Bonchev–Trinajstić information content (AvgIpc) is 3.86. The quantitative estimate of drug-likeness (QED) is 0.140. The summed E-state index contributed by atoms with van der Waals surface area (Å²) in [6.45, 7) is 4.90. The Bertz CT molecular complexity index is 4050. The molecule has 1 aliphatic carbocycles. The van der Waals surface area contributed by atoms with Gasteiger partial charge in [0.2, 0.25) is 0 Å². The van der Waals surface area contributed by atoms with Gasteiger partial charge in [0.15, 0.2) is 0 Å². The lowest BCUT2D eigenvalue weighted by Gasteiger charge is -2.39. The van der Waals surface area contributed by atoms with E-state index < -0.39 is 5.41 Å². The molecule has 0 bridgehead atoms. The molecule has 2 nitrogen and oxygen atoms in total. The van der Waals surface area contributed by atoms with E-state index >= 15 is 0 Å². The van der Waals surface area contributed by atoms with Crippen molar-refractivity contribution in [2.45, 2.75) is 11.8 Å². The third-order valence-electron chi connectivity index (χ3n) is 15.1. The first-order valence-electron chi connectivity index (χ1n) is 25.6. The Labute approximate surface area is 433 Å². The summed E-state index contributed by atoms with van der Waals surface area (Å²) < 4.78 is 2.37. The van der Waals surface area contributed by atoms with Crippen molar-refractivity contribution >= 4 is 49.6 Å². The minimum Gasteiger partial charge on any atom is -0.310 e. The van der Waals surface area contributed by atoms with E-state index in [0.717, 1.165) is 45.9 Å². The van der Waals surface area contributed by atoms with Crippen LogP contribution in [0.25, 0.3) is 71.6 Å². The molecule has 0 saturated carbocycles. The highest BCUT2D eigenvalue weighted by Gasteiger charge is 2.40. The predicted octanol–water partition coefficient (Wildman–Crippen LogP) is 19.0. The normalized spacial score (nSPS) is 14.0. The molecule has 0 unspecified atom stereocenters. The van der Waals surface area contributed by atoms with Crippen molar-refractivity contribution in [3.8, 4) is 39.1 Å². The number of benzene rings is 11. The Morgan fingerprint density at radius 1 is 0.392 bits per heavy atom. The molecule has 350 valence electrons. The fourth-order valence-corrected chi connectivity index (χ4v) is 11.7. The number of aromatic nitrogens is 1. The monoisotopic (exact) mass is 944 g/mol. The maximum absolute atomic E-state index is 4.90. The summed E-state index contributed by atoms with van der Waals surface area (Å²) in [7, 11) is 0. The minimum atomic E-state index is -0.681. The first-order chi connectivity index (χ1) is 36.6. The van der Waals surface area contributed by atoms with Crippen LogP contribution in [-0.4, -0.2) is 4.57 Å². The third kappa shape index (κ3) is 7.67. The van der Waals surface area contributed by atoms with Crippen molar-refractivity contribution in [3.63, 3.8) is 0 Å². The smallest absolute Gasteiger partial charge is 0.0699 e. The van der Waals surface area contributed by atoms with Gasteiger partial charge in [-0.15, -0.1) is 0 Å². The van der Waals surface area contributed by atoms with Crippen LogP contribution in [0, 0.1) is 0 Å². The average molecular weight is 945 g/mol. The van der Waals surface area contributed by atoms with E-state index in [-0.39, 0.29) is 0 Å². The molecule has 0 spiro atoms. The maximum Gasteiger partial charge on any atom is 0.0699 e. The van der Waals surface area contributed by atoms with Crippen LogP contribution in [0.3, 0.4) is 0 Å². The minimum absolute atomic E-state index is 0.681. The van der Waals surface area contributed by atoms with Crippen LogP contribution in [0.2, 0.25) is 0 Å². The van der Waals surface area contributed by atoms with Crippen molar-refractivity contribution in [3.05, 3.63) is 326 Å². The summed E-state index contributed by atoms with van der Waals surface area (Å²) in [6.07, 6.45) is 9.54. The summed E-state index contributed by atoms with van der Waals surface area (Å²) in [6, 6.07) is 97.6. The number of allylic oxidation sites excluding steroid dienone is 5. The zero-order valence-corrected chi connectivity index (χ0v) is 41.0. The number of hydrogen-bond acceptors (Lipinski definition) is 1. The number of hydrogen-bond donors (Lipinski definition) is 0. The van der Waals surface area contributed by atoms with Crippen LogP contribution < -0.4 is 4.90 Å². The summed E-state index contributed by atoms with van der Waals surface area (Å²) in [4.78, 5) is 2.46. The first-order valence-corrected chi connectivity index (χ1v) is 25.6. The molecule has 1 aliphatic rings. The zero-order chi connectivity index (χ0) is 49.4. The molecule has 11 aromatic carbocycles. The van der Waals surface area contributed by atoms with Crippen LogP contribution in [0.15, 0.2) is 303 Å². The molecule has 1 aromatic heterocycles. The lowest BCUT2D eigenvalue weighted by atomic mass is 9.63. The standard InChI is InChI=1S/C72H52N2/c1-51-22-7-2-10-25-54-40-44-62(50-68(54)72(51,58-28-11-4-12-29-58)59-30-13-5-14-31-59)73(70-47-45-63(53-23-8-3-9-24-53)64-34-17-18-35-65(64)70)61-42-38-52(39-43-61)55-26-21-27-56(48-55)57-41-46-71-67(49-57)66-36-19-20-37-69(66)74(71)60-32-15-6-16-33-60/h2-24,26-50H,1,25H2/b10-2-,22-7-. The second kappa shape index (κ2) is 18.9. The van der Waals surface area contributed by atoms with Gasteiger partial charge < -0.3 is 9.47 Å². The number of nitrogens with zero attached hydrogens (tertiary/aromatic N) is 2. The van der Waals surface area contributed by atoms with E-state index in [2.05, 4.69) is 301 Å². The summed E-state index contributed by atoms with van der Waals surface area (Å²) in [5, 5.41) is 4.86. The molecule has 0 N–H and O–H groups in total. The fourth-order valence-electron chi connectivity index (χ4n) is 11.7. The molecule has 12 aromatic rings. The summed E-state index contributed by atoms with van der Waals surface area (Å²) in [5.41, 5.74) is 19.0. The molecular weight excluding hydrogens is 893 g/mol. The Morgan fingerprint density at radius 3 is 1.69 bits per heavy atom. The van der Waals surface area contributed by atoms with Crippen molar-refractivity contribution in [1.82, 2.24) is 4.57 Å². The van der Waals surface area contributed by atoms with Crippen LogP contribution >= 0.6 is 0 Å². The highest BCUT2D eigenvalue weighted by Crippen LogP contribution is 2.50. The topological polar surface area (TPSA) is 8.17 Å². The van der Waals surface area contributed by atoms with Gasteiger partial charge in [-0.1, -0.05) is 231 Å². The van der Waals surface area contributed by atoms with Gasteiger partial charge in [0.25, 0.3) is 0 Å². The summed E-state index contributed by atoms with van der Waals surface area (Å²) >= 11 is 0. The number of anilines is 3.